The summed E-state index contributed by atoms with van der Waals surface area (Å²) in [5.41, 5.74) is 5.94. The minimum atomic E-state index is -0.131. The summed E-state index contributed by atoms with van der Waals surface area (Å²) in [4.78, 5) is 15.8. The highest BCUT2D eigenvalue weighted by atomic mass is 16.1. The largest absolute Gasteiger partial charge is 0.384 e. The van der Waals surface area contributed by atoms with E-state index in [1.807, 2.05) is 0 Å². The van der Waals surface area contributed by atoms with Gasteiger partial charge in [-0.1, -0.05) is 31.7 Å². The zero-order valence-electron chi connectivity index (χ0n) is 10.7. The van der Waals surface area contributed by atoms with E-state index in [1.165, 1.54) is 32.1 Å². The van der Waals surface area contributed by atoms with Crippen molar-refractivity contribution in [1.29, 1.82) is 0 Å². The zero-order valence-corrected chi connectivity index (χ0v) is 10.7. The fourth-order valence-electron chi connectivity index (χ4n) is 2.56. The van der Waals surface area contributed by atoms with Gasteiger partial charge in [0.15, 0.2) is 0 Å². The molecule has 1 heterocycles. The lowest BCUT2D eigenvalue weighted by Gasteiger charge is -2.09. The first-order chi connectivity index (χ1) is 8.75. The number of aromatic nitrogens is 1. The Balaban J connectivity index is 1.68. The summed E-state index contributed by atoms with van der Waals surface area (Å²) in [6, 6.07) is 5.11. The van der Waals surface area contributed by atoms with Gasteiger partial charge in [0.2, 0.25) is 0 Å². The van der Waals surface area contributed by atoms with E-state index in [9.17, 15) is 4.79 Å². The van der Waals surface area contributed by atoms with Crippen LogP contribution in [0.1, 0.15) is 49.0 Å². The predicted molar refractivity (Wildman–Crippen MR) is 72.2 cm³/mol. The molecule has 0 atom stereocenters. The molecule has 98 valence electrons. The lowest BCUT2D eigenvalue weighted by molar-refractivity contribution is 0.0947. The molecule has 0 spiro atoms. The summed E-state index contributed by atoms with van der Waals surface area (Å²) in [6.07, 6.45) is 7.77. The molecule has 1 aliphatic rings. The van der Waals surface area contributed by atoms with E-state index in [-0.39, 0.29) is 5.91 Å². The van der Waals surface area contributed by atoms with Crippen LogP contribution in [0.2, 0.25) is 0 Å². The van der Waals surface area contributed by atoms with Crippen LogP contribution in [-0.4, -0.2) is 17.4 Å². The maximum atomic E-state index is 11.8. The number of hydrogen-bond acceptors (Lipinski definition) is 3. The second kappa shape index (κ2) is 6.38. The van der Waals surface area contributed by atoms with Gasteiger partial charge in [0.25, 0.3) is 5.91 Å². The molecular formula is C14H21N3O. The fraction of sp³-hybridized carbons (Fsp3) is 0.571. The summed E-state index contributed by atoms with van der Waals surface area (Å²) in [5.74, 6) is 1.13. The molecule has 0 aliphatic heterocycles. The normalized spacial score (nSPS) is 15.8. The lowest BCUT2D eigenvalue weighted by Crippen LogP contribution is -2.25. The van der Waals surface area contributed by atoms with Gasteiger partial charge in [-0.15, -0.1) is 0 Å². The molecule has 4 nitrogen and oxygen atoms in total. The monoisotopic (exact) mass is 247 g/mol. The topological polar surface area (TPSA) is 68.0 Å². The molecule has 1 saturated carbocycles. The van der Waals surface area contributed by atoms with Crippen molar-refractivity contribution in [3.63, 3.8) is 0 Å². The van der Waals surface area contributed by atoms with E-state index in [2.05, 4.69) is 10.3 Å². The Kier molecular flexibility index (Phi) is 4.56. The molecular weight excluding hydrogens is 226 g/mol. The number of pyridine rings is 1. The maximum Gasteiger partial charge on any atom is 0.269 e. The van der Waals surface area contributed by atoms with Gasteiger partial charge in [-0.3, -0.25) is 4.79 Å². The van der Waals surface area contributed by atoms with Crippen molar-refractivity contribution < 1.29 is 4.79 Å². The van der Waals surface area contributed by atoms with Crippen LogP contribution in [0.25, 0.3) is 0 Å². The van der Waals surface area contributed by atoms with Crippen LogP contribution in [0.5, 0.6) is 0 Å². The fourth-order valence-corrected chi connectivity index (χ4v) is 2.56. The second-order valence-corrected chi connectivity index (χ2v) is 5.00. The van der Waals surface area contributed by atoms with E-state index < -0.39 is 0 Å². The third kappa shape index (κ3) is 3.72. The minimum Gasteiger partial charge on any atom is -0.384 e. The molecule has 0 aromatic carbocycles. The standard InChI is InChI=1S/C14H21N3O/c15-13-9-3-8-12(17-13)14(18)16-10-4-7-11-5-1-2-6-11/h3,8-9,11H,1-2,4-7,10H2,(H2,15,17)(H,16,18). The van der Waals surface area contributed by atoms with Gasteiger partial charge in [-0.2, -0.15) is 0 Å². The van der Waals surface area contributed by atoms with Gasteiger partial charge in [0, 0.05) is 6.54 Å². The molecule has 2 rings (SSSR count). The number of amides is 1. The number of nitrogen functional groups attached to an aromatic ring is 1. The average molecular weight is 247 g/mol. The lowest BCUT2D eigenvalue weighted by atomic mass is 10.0. The maximum absolute atomic E-state index is 11.8. The molecule has 1 aromatic heterocycles. The van der Waals surface area contributed by atoms with E-state index >= 15 is 0 Å². The van der Waals surface area contributed by atoms with Gasteiger partial charge in [-0.05, 0) is 30.9 Å². The van der Waals surface area contributed by atoms with Crippen molar-refractivity contribution >= 4 is 11.7 Å². The number of rotatable bonds is 5. The molecule has 0 saturated heterocycles. The van der Waals surface area contributed by atoms with Gasteiger partial charge in [0.05, 0.1) is 0 Å². The van der Waals surface area contributed by atoms with Crippen LogP contribution in [0.15, 0.2) is 18.2 Å². The van der Waals surface area contributed by atoms with Crippen LogP contribution < -0.4 is 11.1 Å². The highest BCUT2D eigenvalue weighted by Gasteiger charge is 2.14. The first-order valence-electron chi connectivity index (χ1n) is 6.76. The van der Waals surface area contributed by atoms with Crippen molar-refractivity contribution in [3.05, 3.63) is 23.9 Å². The van der Waals surface area contributed by atoms with Gasteiger partial charge < -0.3 is 11.1 Å². The summed E-state index contributed by atoms with van der Waals surface area (Å²) in [6.45, 7) is 0.728. The summed E-state index contributed by atoms with van der Waals surface area (Å²) in [7, 11) is 0. The third-order valence-corrected chi connectivity index (χ3v) is 3.55. The first kappa shape index (κ1) is 12.9. The molecule has 3 N–H and O–H groups in total. The second-order valence-electron chi connectivity index (χ2n) is 5.00. The van der Waals surface area contributed by atoms with E-state index in [1.54, 1.807) is 18.2 Å². The predicted octanol–water partition coefficient (Wildman–Crippen LogP) is 2.36. The van der Waals surface area contributed by atoms with E-state index in [0.29, 0.717) is 11.5 Å². The van der Waals surface area contributed by atoms with Crippen molar-refractivity contribution in [2.75, 3.05) is 12.3 Å². The molecule has 1 aliphatic carbocycles. The number of carbonyl (C=O) groups is 1. The van der Waals surface area contributed by atoms with Crippen molar-refractivity contribution in [3.8, 4) is 0 Å². The highest BCUT2D eigenvalue weighted by molar-refractivity contribution is 5.92. The number of hydrogen-bond donors (Lipinski definition) is 2. The molecule has 0 bridgehead atoms. The first-order valence-corrected chi connectivity index (χ1v) is 6.76. The molecule has 1 aromatic rings. The third-order valence-electron chi connectivity index (χ3n) is 3.55. The smallest absolute Gasteiger partial charge is 0.269 e. The molecule has 4 heteroatoms. The van der Waals surface area contributed by atoms with Crippen LogP contribution in [-0.2, 0) is 0 Å². The van der Waals surface area contributed by atoms with E-state index in [0.717, 1.165) is 18.9 Å². The number of anilines is 1. The Hall–Kier alpha value is -1.58. The van der Waals surface area contributed by atoms with E-state index in [4.69, 9.17) is 5.73 Å². The van der Waals surface area contributed by atoms with Crippen molar-refractivity contribution in [2.24, 2.45) is 5.92 Å². The Morgan fingerprint density at radius 3 is 2.89 bits per heavy atom. The molecule has 1 amide bonds. The summed E-state index contributed by atoms with van der Waals surface area (Å²) in [5, 5.41) is 2.89. The number of nitrogens with one attached hydrogen (secondary N) is 1. The Bertz CT molecular complexity index is 400. The van der Waals surface area contributed by atoms with Crippen molar-refractivity contribution in [1.82, 2.24) is 10.3 Å². The quantitative estimate of drug-likeness (QED) is 0.785. The van der Waals surface area contributed by atoms with Gasteiger partial charge in [-0.25, -0.2) is 4.98 Å². The van der Waals surface area contributed by atoms with Crippen LogP contribution in [0, 0.1) is 5.92 Å². The molecule has 0 radical (unpaired) electrons. The Morgan fingerprint density at radius 2 is 2.17 bits per heavy atom. The number of carbonyl (C=O) groups excluding carboxylic acids is 1. The van der Waals surface area contributed by atoms with Gasteiger partial charge in [0.1, 0.15) is 11.5 Å². The van der Waals surface area contributed by atoms with Crippen LogP contribution in [0.3, 0.4) is 0 Å². The number of nitrogens with two attached hydrogens (primary N) is 1. The Morgan fingerprint density at radius 1 is 1.39 bits per heavy atom. The molecule has 1 fully saturated rings. The van der Waals surface area contributed by atoms with Gasteiger partial charge >= 0.3 is 0 Å². The van der Waals surface area contributed by atoms with Crippen LogP contribution in [0.4, 0.5) is 5.82 Å². The Labute approximate surface area is 108 Å². The summed E-state index contributed by atoms with van der Waals surface area (Å²) >= 11 is 0. The summed E-state index contributed by atoms with van der Waals surface area (Å²) < 4.78 is 0. The number of nitrogens with zero attached hydrogens (tertiary/aromatic N) is 1. The zero-order chi connectivity index (χ0) is 12.8. The van der Waals surface area contributed by atoms with Crippen molar-refractivity contribution in [2.45, 2.75) is 38.5 Å². The average Bonchev–Trinajstić information content (AvgIpc) is 2.87. The molecule has 0 unspecified atom stereocenters. The highest BCUT2D eigenvalue weighted by Crippen LogP contribution is 2.28. The van der Waals surface area contributed by atoms with Crippen LogP contribution >= 0.6 is 0 Å². The molecule has 18 heavy (non-hydrogen) atoms. The SMILES string of the molecule is Nc1cccc(C(=O)NCCCC2CCCC2)n1. The minimum absolute atomic E-state index is 0.131.